The molecule has 1 aliphatic rings. The maximum atomic E-state index is 15.4. The summed E-state index contributed by atoms with van der Waals surface area (Å²) in [5.74, 6) is 0.774. The molecule has 2 N–H and O–H groups in total. The van der Waals surface area contributed by atoms with Gasteiger partial charge in [0.25, 0.3) is 0 Å². The minimum atomic E-state index is -1.48. The van der Waals surface area contributed by atoms with Gasteiger partial charge in [0.1, 0.15) is 11.5 Å². The van der Waals surface area contributed by atoms with Crippen molar-refractivity contribution in [3.05, 3.63) is 59.2 Å². The molecule has 22 heavy (non-hydrogen) atoms. The van der Waals surface area contributed by atoms with Gasteiger partial charge in [-0.05, 0) is 48.9 Å². The summed E-state index contributed by atoms with van der Waals surface area (Å²) in [6, 6.07) is 12.6. The van der Waals surface area contributed by atoms with E-state index in [1.807, 2.05) is 31.2 Å². The normalized spacial score (nSPS) is 23.3. The highest BCUT2D eigenvalue weighted by atomic mass is 19.1. The summed E-state index contributed by atoms with van der Waals surface area (Å²) in [6.07, 6.45) is -0.314. The Morgan fingerprint density at radius 1 is 1.32 bits per heavy atom. The molecule has 2 atom stereocenters. The first-order valence-electron chi connectivity index (χ1n) is 7.41. The van der Waals surface area contributed by atoms with Gasteiger partial charge >= 0.3 is 0 Å². The van der Waals surface area contributed by atoms with Gasteiger partial charge in [0.15, 0.2) is 11.8 Å². The second-order valence-corrected chi connectivity index (χ2v) is 5.89. The SMILES string of the molecule is CNCC1(F)Cc2ccccc2C1Oc1ccc(O)cc1C. The predicted octanol–water partition coefficient (Wildman–Crippen LogP) is 3.30. The molecule has 0 bridgehead atoms. The fourth-order valence-corrected chi connectivity index (χ4v) is 3.15. The van der Waals surface area contributed by atoms with Gasteiger partial charge in [0.2, 0.25) is 0 Å². The molecule has 0 heterocycles. The van der Waals surface area contributed by atoms with Gasteiger partial charge < -0.3 is 15.2 Å². The van der Waals surface area contributed by atoms with Gasteiger partial charge in [0, 0.05) is 13.0 Å². The van der Waals surface area contributed by atoms with Crippen molar-refractivity contribution in [3.8, 4) is 11.5 Å². The lowest BCUT2D eigenvalue weighted by molar-refractivity contribution is 0.0228. The fraction of sp³-hybridized carbons (Fsp3) is 0.333. The molecule has 0 aromatic heterocycles. The van der Waals surface area contributed by atoms with Crippen LogP contribution in [0.1, 0.15) is 22.8 Å². The quantitative estimate of drug-likeness (QED) is 0.910. The van der Waals surface area contributed by atoms with Crippen molar-refractivity contribution in [3.63, 3.8) is 0 Å². The van der Waals surface area contributed by atoms with Crippen LogP contribution in [0.25, 0.3) is 0 Å². The van der Waals surface area contributed by atoms with Crippen molar-refractivity contribution in [2.24, 2.45) is 0 Å². The Morgan fingerprint density at radius 2 is 2.09 bits per heavy atom. The average molecular weight is 301 g/mol. The van der Waals surface area contributed by atoms with E-state index in [1.54, 1.807) is 25.2 Å². The molecule has 0 saturated carbocycles. The van der Waals surface area contributed by atoms with Crippen molar-refractivity contribution in [2.75, 3.05) is 13.6 Å². The van der Waals surface area contributed by atoms with Gasteiger partial charge in [-0.1, -0.05) is 24.3 Å². The van der Waals surface area contributed by atoms with Crippen molar-refractivity contribution in [2.45, 2.75) is 25.1 Å². The van der Waals surface area contributed by atoms with E-state index in [2.05, 4.69) is 5.32 Å². The van der Waals surface area contributed by atoms with Gasteiger partial charge in [-0.3, -0.25) is 0 Å². The Labute approximate surface area is 129 Å². The number of phenols is 1. The van der Waals surface area contributed by atoms with Crippen molar-refractivity contribution < 1.29 is 14.2 Å². The Bertz CT molecular complexity index is 689. The zero-order valence-electron chi connectivity index (χ0n) is 12.8. The third-order valence-corrected chi connectivity index (χ3v) is 4.17. The molecule has 0 aliphatic heterocycles. The highest BCUT2D eigenvalue weighted by Crippen LogP contribution is 2.45. The van der Waals surface area contributed by atoms with Crippen LogP contribution in [0.3, 0.4) is 0 Å². The molecule has 0 amide bonds. The fourth-order valence-electron chi connectivity index (χ4n) is 3.15. The first-order valence-corrected chi connectivity index (χ1v) is 7.41. The number of ether oxygens (including phenoxy) is 1. The Kier molecular flexibility index (Phi) is 3.79. The molecule has 2 unspecified atom stereocenters. The summed E-state index contributed by atoms with van der Waals surface area (Å²) in [6.45, 7) is 2.07. The molecule has 0 radical (unpaired) electrons. The van der Waals surface area contributed by atoms with Crippen molar-refractivity contribution in [1.29, 1.82) is 0 Å². The van der Waals surface area contributed by atoms with Crippen molar-refractivity contribution in [1.82, 2.24) is 5.32 Å². The van der Waals surface area contributed by atoms with Crippen LogP contribution >= 0.6 is 0 Å². The monoisotopic (exact) mass is 301 g/mol. The molecule has 3 nitrogen and oxygen atoms in total. The van der Waals surface area contributed by atoms with E-state index < -0.39 is 11.8 Å². The number of halogens is 1. The highest BCUT2D eigenvalue weighted by Gasteiger charge is 2.48. The molecule has 0 saturated heterocycles. The number of alkyl halides is 1. The number of benzene rings is 2. The number of aromatic hydroxyl groups is 1. The molecular formula is C18H20FNO2. The lowest BCUT2D eigenvalue weighted by atomic mass is 9.99. The van der Waals surface area contributed by atoms with Crippen LogP contribution in [0.2, 0.25) is 0 Å². The van der Waals surface area contributed by atoms with E-state index in [0.717, 1.165) is 16.7 Å². The first kappa shape index (κ1) is 14.9. The molecule has 3 rings (SSSR count). The number of phenolic OH excluding ortho intramolecular Hbond substituents is 1. The van der Waals surface area contributed by atoms with E-state index in [-0.39, 0.29) is 12.3 Å². The Morgan fingerprint density at radius 3 is 2.82 bits per heavy atom. The van der Waals surface area contributed by atoms with Gasteiger partial charge in [-0.15, -0.1) is 0 Å². The minimum absolute atomic E-state index is 0.179. The molecule has 1 aliphatic carbocycles. The molecule has 116 valence electrons. The molecule has 2 aromatic carbocycles. The lowest BCUT2D eigenvalue weighted by Crippen LogP contribution is -2.41. The largest absolute Gasteiger partial charge is 0.508 e. The summed E-state index contributed by atoms with van der Waals surface area (Å²) >= 11 is 0. The third-order valence-electron chi connectivity index (χ3n) is 4.17. The second kappa shape index (κ2) is 5.61. The van der Waals surface area contributed by atoms with Crippen LogP contribution in [0.4, 0.5) is 4.39 Å². The van der Waals surface area contributed by atoms with Crippen LogP contribution in [0.5, 0.6) is 11.5 Å². The van der Waals surface area contributed by atoms with Crippen LogP contribution in [0.15, 0.2) is 42.5 Å². The average Bonchev–Trinajstić information content (AvgIpc) is 2.74. The zero-order valence-corrected chi connectivity index (χ0v) is 12.8. The number of fused-ring (bicyclic) bond motifs is 1. The smallest absolute Gasteiger partial charge is 0.168 e. The van der Waals surface area contributed by atoms with Gasteiger partial charge in [0.05, 0.1) is 0 Å². The standard InChI is InChI=1S/C18H20FNO2/c1-12-9-14(21)7-8-16(12)22-17-15-6-4-3-5-13(15)10-18(17,19)11-20-2/h3-9,17,20-21H,10-11H2,1-2H3. The first-order chi connectivity index (χ1) is 10.5. The Balaban J connectivity index is 1.98. The van der Waals surface area contributed by atoms with Crippen LogP contribution < -0.4 is 10.1 Å². The van der Waals surface area contributed by atoms with Crippen LogP contribution in [0, 0.1) is 6.92 Å². The van der Waals surface area contributed by atoms with Crippen LogP contribution in [-0.2, 0) is 6.42 Å². The zero-order chi connectivity index (χ0) is 15.7. The van der Waals surface area contributed by atoms with E-state index in [9.17, 15) is 5.11 Å². The minimum Gasteiger partial charge on any atom is -0.508 e. The topological polar surface area (TPSA) is 41.5 Å². The molecular weight excluding hydrogens is 281 g/mol. The molecule has 2 aromatic rings. The van der Waals surface area contributed by atoms with Crippen LogP contribution in [-0.4, -0.2) is 24.4 Å². The highest BCUT2D eigenvalue weighted by molar-refractivity contribution is 5.43. The van der Waals surface area contributed by atoms with E-state index in [0.29, 0.717) is 12.2 Å². The summed E-state index contributed by atoms with van der Waals surface area (Å²) in [7, 11) is 1.74. The van der Waals surface area contributed by atoms with E-state index in [4.69, 9.17) is 4.74 Å². The molecule has 4 heteroatoms. The number of hydrogen-bond donors (Lipinski definition) is 2. The summed E-state index contributed by atoms with van der Waals surface area (Å²) in [4.78, 5) is 0. The van der Waals surface area contributed by atoms with E-state index >= 15 is 4.39 Å². The van der Waals surface area contributed by atoms with Crippen molar-refractivity contribution >= 4 is 0 Å². The predicted molar refractivity (Wildman–Crippen MR) is 84.1 cm³/mol. The summed E-state index contributed by atoms with van der Waals surface area (Å²) < 4.78 is 21.5. The van der Waals surface area contributed by atoms with Gasteiger partial charge in [-0.2, -0.15) is 0 Å². The summed E-state index contributed by atoms with van der Waals surface area (Å²) in [5.41, 5.74) is 1.19. The second-order valence-electron chi connectivity index (χ2n) is 5.89. The summed E-state index contributed by atoms with van der Waals surface area (Å²) in [5, 5.41) is 12.4. The van der Waals surface area contributed by atoms with Gasteiger partial charge in [-0.25, -0.2) is 4.39 Å². The Hall–Kier alpha value is -2.07. The van der Waals surface area contributed by atoms with E-state index in [1.165, 1.54) is 0 Å². The number of rotatable bonds is 4. The third kappa shape index (κ3) is 2.55. The molecule has 0 fully saturated rings. The number of aryl methyl sites for hydroxylation is 1. The maximum Gasteiger partial charge on any atom is 0.168 e. The molecule has 0 spiro atoms. The maximum absolute atomic E-state index is 15.4. The number of nitrogens with one attached hydrogen (secondary N) is 1. The number of hydrogen-bond acceptors (Lipinski definition) is 3. The lowest BCUT2D eigenvalue weighted by Gasteiger charge is -2.29.